The van der Waals surface area contributed by atoms with Crippen LogP contribution in [-0.4, -0.2) is 19.8 Å². The van der Waals surface area contributed by atoms with E-state index < -0.39 is 0 Å². The second kappa shape index (κ2) is 4.67. The topological polar surface area (TPSA) is 44.5 Å². The van der Waals surface area contributed by atoms with Crippen LogP contribution < -0.4 is 10.5 Å². The summed E-state index contributed by atoms with van der Waals surface area (Å²) in [5.74, 6) is 1.46. The molecule has 0 aromatic heterocycles. The fraction of sp³-hybridized carbons (Fsp3) is 0.571. The third-order valence-electron chi connectivity index (χ3n) is 3.81. The first-order valence-corrected chi connectivity index (χ1v) is 6.44. The Labute approximate surface area is 102 Å². The number of fused-ring (bicyclic) bond motifs is 1. The third kappa shape index (κ3) is 2.05. The SMILES string of the molecule is NC(c1cccc2c1OCC2)C1CCCOC1. The summed E-state index contributed by atoms with van der Waals surface area (Å²) in [5, 5.41) is 0. The minimum Gasteiger partial charge on any atom is -0.493 e. The summed E-state index contributed by atoms with van der Waals surface area (Å²) in [7, 11) is 0. The van der Waals surface area contributed by atoms with E-state index in [0.29, 0.717) is 5.92 Å². The molecule has 0 saturated carbocycles. The van der Waals surface area contributed by atoms with Gasteiger partial charge in [-0.05, 0) is 18.4 Å². The van der Waals surface area contributed by atoms with Gasteiger partial charge < -0.3 is 15.2 Å². The van der Waals surface area contributed by atoms with Gasteiger partial charge in [-0.15, -0.1) is 0 Å². The molecular weight excluding hydrogens is 214 g/mol. The van der Waals surface area contributed by atoms with Gasteiger partial charge in [0, 0.05) is 30.6 Å². The van der Waals surface area contributed by atoms with E-state index in [1.165, 1.54) is 5.56 Å². The number of benzene rings is 1. The fourth-order valence-electron chi connectivity index (χ4n) is 2.81. The lowest BCUT2D eigenvalue weighted by Gasteiger charge is -2.28. The average molecular weight is 233 g/mol. The molecule has 2 atom stereocenters. The highest BCUT2D eigenvalue weighted by atomic mass is 16.5. The summed E-state index contributed by atoms with van der Waals surface area (Å²) in [6.07, 6.45) is 3.29. The molecular formula is C14H19NO2. The highest BCUT2D eigenvalue weighted by molar-refractivity contribution is 5.45. The van der Waals surface area contributed by atoms with E-state index in [0.717, 1.165) is 50.4 Å². The molecule has 1 aromatic carbocycles. The van der Waals surface area contributed by atoms with Gasteiger partial charge in [0.25, 0.3) is 0 Å². The maximum Gasteiger partial charge on any atom is 0.127 e. The molecule has 0 aliphatic carbocycles. The third-order valence-corrected chi connectivity index (χ3v) is 3.81. The smallest absolute Gasteiger partial charge is 0.127 e. The Kier molecular flexibility index (Phi) is 3.04. The molecule has 92 valence electrons. The number of hydrogen-bond acceptors (Lipinski definition) is 3. The lowest BCUT2D eigenvalue weighted by atomic mass is 9.88. The standard InChI is InChI=1S/C14H19NO2/c15-13(11-4-2-7-16-9-11)12-5-1-3-10-6-8-17-14(10)12/h1,3,5,11,13H,2,4,6-9,15H2. The van der Waals surface area contributed by atoms with Crippen molar-refractivity contribution in [1.29, 1.82) is 0 Å². The van der Waals surface area contributed by atoms with Gasteiger partial charge in [-0.3, -0.25) is 0 Å². The Morgan fingerprint density at radius 1 is 1.29 bits per heavy atom. The summed E-state index contributed by atoms with van der Waals surface area (Å²) >= 11 is 0. The van der Waals surface area contributed by atoms with E-state index >= 15 is 0 Å². The molecule has 17 heavy (non-hydrogen) atoms. The number of nitrogens with two attached hydrogens (primary N) is 1. The number of ether oxygens (including phenoxy) is 2. The molecule has 2 N–H and O–H groups in total. The molecule has 1 saturated heterocycles. The molecule has 3 nitrogen and oxygen atoms in total. The molecule has 0 bridgehead atoms. The van der Waals surface area contributed by atoms with Gasteiger partial charge in [-0.1, -0.05) is 18.2 Å². The van der Waals surface area contributed by atoms with Gasteiger partial charge in [0.2, 0.25) is 0 Å². The highest BCUT2D eigenvalue weighted by Gasteiger charge is 2.27. The van der Waals surface area contributed by atoms with E-state index in [4.69, 9.17) is 15.2 Å². The first-order valence-electron chi connectivity index (χ1n) is 6.44. The summed E-state index contributed by atoms with van der Waals surface area (Å²) in [6.45, 7) is 2.46. The van der Waals surface area contributed by atoms with Crippen molar-refractivity contribution in [3.63, 3.8) is 0 Å². The van der Waals surface area contributed by atoms with Crippen LogP contribution in [0.4, 0.5) is 0 Å². The van der Waals surface area contributed by atoms with E-state index in [1.807, 2.05) is 0 Å². The normalized spacial score (nSPS) is 25.1. The van der Waals surface area contributed by atoms with Crippen LogP contribution in [0.5, 0.6) is 5.75 Å². The van der Waals surface area contributed by atoms with Crippen LogP contribution in [0.3, 0.4) is 0 Å². The van der Waals surface area contributed by atoms with Gasteiger partial charge in [0.05, 0.1) is 13.2 Å². The van der Waals surface area contributed by atoms with Crippen LogP contribution in [0.1, 0.15) is 30.0 Å². The van der Waals surface area contributed by atoms with Gasteiger partial charge in [0.15, 0.2) is 0 Å². The Balaban J connectivity index is 1.85. The van der Waals surface area contributed by atoms with Crippen LogP contribution in [-0.2, 0) is 11.2 Å². The van der Waals surface area contributed by atoms with E-state index in [2.05, 4.69) is 18.2 Å². The Hall–Kier alpha value is -1.06. The van der Waals surface area contributed by atoms with Gasteiger partial charge in [-0.25, -0.2) is 0 Å². The van der Waals surface area contributed by atoms with Gasteiger partial charge in [-0.2, -0.15) is 0 Å². The van der Waals surface area contributed by atoms with Crippen molar-refractivity contribution in [3.8, 4) is 5.75 Å². The predicted octanol–water partition coefficient (Wildman–Crippen LogP) is 2.05. The van der Waals surface area contributed by atoms with E-state index in [-0.39, 0.29) is 6.04 Å². The van der Waals surface area contributed by atoms with E-state index in [9.17, 15) is 0 Å². The van der Waals surface area contributed by atoms with Crippen molar-refractivity contribution in [1.82, 2.24) is 0 Å². The van der Waals surface area contributed by atoms with Crippen molar-refractivity contribution >= 4 is 0 Å². The van der Waals surface area contributed by atoms with Gasteiger partial charge in [0.1, 0.15) is 5.75 Å². The summed E-state index contributed by atoms with van der Waals surface area (Å²) in [4.78, 5) is 0. The molecule has 2 heterocycles. The first-order chi connectivity index (χ1) is 8.36. The quantitative estimate of drug-likeness (QED) is 0.850. The highest BCUT2D eigenvalue weighted by Crippen LogP contribution is 2.37. The lowest BCUT2D eigenvalue weighted by molar-refractivity contribution is 0.0444. The summed E-state index contributed by atoms with van der Waals surface area (Å²) in [5.41, 5.74) is 8.85. The first kappa shape index (κ1) is 11.1. The zero-order chi connectivity index (χ0) is 11.7. The minimum atomic E-state index is 0.0448. The molecule has 3 heteroatoms. The number of hydrogen-bond donors (Lipinski definition) is 1. The monoisotopic (exact) mass is 233 g/mol. The molecule has 0 radical (unpaired) electrons. The van der Waals surface area contributed by atoms with Crippen molar-refractivity contribution < 1.29 is 9.47 Å². The minimum absolute atomic E-state index is 0.0448. The molecule has 3 rings (SSSR count). The fourth-order valence-corrected chi connectivity index (χ4v) is 2.81. The Bertz CT molecular complexity index is 399. The van der Waals surface area contributed by atoms with Crippen LogP contribution in [0, 0.1) is 5.92 Å². The molecule has 1 aromatic rings. The average Bonchev–Trinajstić information content (AvgIpc) is 2.87. The largest absolute Gasteiger partial charge is 0.493 e. The molecule has 2 aliphatic heterocycles. The van der Waals surface area contributed by atoms with Crippen molar-refractivity contribution in [3.05, 3.63) is 29.3 Å². The van der Waals surface area contributed by atoms with Gasteiger partial charge >= 0.3 is 0 Å². The lowest BCUT2D eigenvalue weighted by Crippen LogP contribution is -2.29. The summed E-state index contributed by atoms with van der Waals surface area (Å²) < 4.78 is 11.2. The van der Waals surface area contributed by atoms with Crippen molar-refractivity contribution in [2.45, 2.75) is 25.3 Å². The molecule has 0 spiro atoms. The van der Waals surface area contributed by atoms with Crippen LogP contribution >= 0.6 is 0 Å². The molecule has 2 unspecified atom stereocenters. The summed E-state index contributed by atoms with van der Waals surface area (Å²) in [6, 6.07) is 6.37. The Morgan fingerprint density at radius 3 is 3.06 bits per heavy atom. The zero-order valence-corrected chi connectivity index (χ0v) is 10.0. The molecule has 0 amide bonds. The maximum absolute atomic E-state index is 6.38. The zero-order valence-electron chi connectivity index (χ0n) is 10.0. The number of rotatable bonds is 2. The molecule has 2 aliphatic rings. The van der Waals surface area contributed by atoms with E-state index in [1.54, 1.807) is 0 Å². The van der Waals surface area contributed by atoms with Crippen LogP contribution in [0.2, 0.25) is 0 Å². The van der Waals surface area contributed by atoms with Crippen molar-refractivity contribution in [2.75, 3.05) is 19.8 Å². The van der Waals surface area contributed by atoms with Crippen molar-refractivity contribution in [2.24, 2.45) is 11.7 Å². The second-order valence-corrected chi connectivity index (χ2v) is 4.94. The van der Waals surface area contributed by atoms with Crippen LogP contribution in [0.15, 0.2) is 18.2 Å². The van der Waals surface area contributed by atoms with Crippen LogP contribution in [0.25, 0.3) is 0 Å². The maximum atomic E-state index is 6.38. The molecule has 1 fully saturated rings. The Morgan fingerprint density at radius 2 is 2.24 bits per heavy atom. The second-order valence-electron chi connectivity index (χ2n) is 4.94. The number of para-hydroxylation sites is 1. The predicted molar refractivity (Wildman–Crippen MR) is 66.1 cm³/mol.